The molecule has 4 nitrogen and oxygen atoms in total. The summed E-state index contributed by atoms with van der Waals surface area (Å²) in [6.45, 7) is 3.60. The molecule has 0 saturated carbocycles. The Kier molecular flexibility index (Phi) is 6.32. The number of hydrogen-bond acceptors (Lipinski definition) is 4. The van der Waals surface area contributed by atoms with E-state index in [0.717, 1.165) is 0 Å². The fourth-order valence-electron chi connectivity index (χ4n) is 1.00. The van der Waals surface area contributed by atoms with E-state index in [1.807, 2.05) is 0 Å². The zero-order chi connectivity index (χ0) is 11.1. The maximum absolute atomic E-state index is 11.4. The second kappa shape index (κ2) is 6.68. The molecule has 0 spiro atoms. The summed E-state index contributed by atoms with van der Waals surface area (Å²) in [5, 5.41) is 5.71. The summed E-state index contributed by atoms with van der Waals surface area (Å²) in [5.41, 5.74) is 0. The van der Waals surface area contributed by atoms with Gasteiger partial charge in [0.05, 0.1) is 12.1 Å². The molecule has 0 aromatic carbocycles. The zero-order valence-electron chi connectivity index (χ0n) is 9.39. The van der Waals surface area contributed by atoms with Crippen LogP contribution in [0.1, 0.15) is 26.7 Å². The lowest BCUT2D eigenvalue weighted by molar-refractivity contribution is -0.125. The summed E-state index contributed by atoms with van der Waals surface area (Å²) >= 11 is 0. The molecule has 0 amide bonds. The summed E-state index contributed by atoms with van der Waals surface area (Å²) in [5.74, 6) is 0.174. The lowest BCUT2D eigenvalue weighted by atomic mass is 10.0. The van der Waals surface area contributed by atoms with Gasteiger partial charge in [-0.3, -0.25) is 9.59 Å². The normalized spacial score (nSPS) is 14.9. The van der Waals surface area contributed by atoms with Crippen molar-refractivity contribution in [2.75, 3.05) is 14.1 Å². The predicted octanol–water partition coefficient (Wildman–Crippen LogP) is 0.121. The minimum atomic E-state index is -0.160. The van der Waals surface area contributed by atoms with Gasteiger partial charge in [0.25, 0.3) is 0 Å². The van der Waals surface area contributed by atoms with E-state index >= 15 is 0 Å². The topological polar surface area (TPSA) is 58.2 Å². The van der Waals surface area contributed by atoms with Crippen LogP contribution in [0.5, 0.6) is 0 Å². The third kappa shape index (κ3) is 4.48. The van der Waals surface area contributed by atoms with Crippen molar-refractivity contribution in [2.24, 2.45) is 0 Å². The number of rotatable bonds is 7. The molecule has 0 aliphatic carbocycles. The van der Waals surface area contributed by atoms with Gasteiger partial charge in [-0.2, -0.15) is 0 Å². The molecule has 0 unspecified atom stereocenters. The summed E-state index contributed by atoms with van der Waals surface area (Å²) < 4.78 is 0. The van der Waals surface area contributed by atoms with Crippen LogP contribution in [0.15, 0.2) is 0 Å². The average Bonchev–Trinajstić information content (AvgIpc) is 2.22. The van der Waals surface area contributed by atoms with Gasteiger partial charge >= 0.3 is 0 Å². The van der Waals surface area contributed by atoms with Crippen LogP contribution in [0.3, 0.4) is 0 Å². The van der Waals surface area contributed by atoms with Gasteiger partial charge < -0.3 is 10.6 Å². The Morgan fingerprint density at radius 1 is 0.929 bits per heavy atom. The molecule has 0 aliphatic rings. The zero-order valence-corrected chi connectivity index (χ0v) is 9.39. The first-order chi connectivity index (χ1) is 6.52. The van der Waals surface area contributed by atoms with Crippen molar-refractivity contribution in [3.63, 3.8) is 0 Å². The van der Waals surface area contributed by atoms with Crippen LogP contribution in [0.2, 0.25) is 0 Å². The second-order valence-electron chi connectivity index (χ2n) is 3.45. The first-order valence-electron chi connectivity index (χ1n) is 4.92. The van der Waals surface area contributed by atoms with Gasteiger partial charge in [0.2, 0.25) is 0 Å². The standard InChI is InChI=1S/C10H20N2O2/c1-7(11-3)9(13)5-6-10(14)8(2)12-4/h7-8,11-12H,5-6H2,1-4H3/t7-,8-/m0/s1. The highest BCUT2D eigenvalue weighted by Gasteiger charge is 2.15. The molecule has 0 fully saturated rings. The van der Waals surface area contributed by atoms with Crippen LogP contribution in [0, 0.1) is 0 Å². The molecular formula is C10H20N2O2. The summed E-state index contributed by atoms with van der Waals surface area (Å²) in [4.78, 5) is 22.7. The Morgan fingerprint density at radius 2 is 1.21 bits per heavy atom. The van der Waals surface area contributed by atoms with Gasteiger partial charge in [-0.05, 0) is 27.9 Å². The van der Waals surface area contributed by atoms with Crippen molar-refractivity contribution >= 4 is 11.6 Å². The molecule has 0 heterocycles. The third-order valence-corrected chi connectivity index (χ3v) is 2.45. The first-order valence-corrected chi connectivity index (χ1v) is 4.92. The van der Waals surface area contributed by atoms with Crippen LogP contribution < -0.4 is 10.6 Å². The fourth-order valence-corrected chi connectivity index (χ4v) is 1.00. The number of likely N-dealkylation sites (N-methyl/N-ethyl adjacent to an activating group) is 2. The van der Waals surface area contributed by atoms with Gasteiger partial charge in [0.1, 0.15) is 11.6 Å². The number of nitrogens with one attached hydrogen (secondary N) is 2. The van der Waals surface area contributed by atoms with Gasteiger partial charge in [-0.1, -0.05) is 0 Å². The smallest absolute Gasteiger partial charge is 0.149 e. The maximum atomic E-state index is 11.4. The third-order valence-electron chi connectivity index (χ3n) is 2.45. The number of ketones is 2. The Balaban J connectivity index is 3.83. The molecule has 82 valence electrons. The van der Waals surface area contributed by atoms with Crippen molar-refractivity contribution in [1.82, 2.24) is 10.6 Å². The highest BCUT2D eigenvalue weighted by molar-refractivity contribution is 5.90. The SMILES string of the molecule is CN[C@@H](C)C(=O)CCC(=O)[C@H](C)NC. The summed E-state index contributed by atoms with van der Waals surface area (Å²) in [6.07, 6.45) is 0.653. The number of hydrogen-bond donors (Lipinski definition) is 2. The predicted molar refractivity (Wildman–Crippen MR) is 56.3 cm³/mol. The van der Waals surface area contributed by atoms with E-state index in [1.54, 1.807) is 27.9 Å². The molecule has 4 heteroatoms. The van der Waals surface area contributed by atoms with Crippen molar-refractivity contribution in [2.45, 2.75) is 38.8 Å². The van der Waals surface area contributed by atoms with Crippen LogP contribution in [-0.2, 0) is 9.59 Å². The lowest BCUT2D eigenvalue weighted by Gasteiger charge is -2.10. The fraction of sp³-hybridized carbons (Fsp3) is 0.800. The minimum Gasteiger partial charge on any atom is -0.311 e. The van der Waals surface area contributed by atoms with Crippen molar-refractivity contribution in [1.29, 1.82) is 0 Å². The summed E-state index contributed by atoms with van der Waals surface area (Å²) in [6, 6.07) is -0.319. The van der Waals surface area contributed by atoms with Crippen LogP contribution in [-0.4, -0.2) is 37.7 Å². The van der Waals surface area contributed by atoms with E-state index in [-0.39, 0.29) is 23.7 Å². The van der Waals surface area contributed by atoms with Gasteiger partial charge in [-0.15, -0.1) is 0 Å². The maximum Gasteiger partial charge on any atom is 0.149 e. The Bertz CT molecular complexity index is 182. The summed E-state index contributed by atoms with van der Waals surface area (Å²) in [7, 11) is 3.47. The molecule has 2 atom stereocenters. The average molecular weight is 200 g/mol. The van der Waals surface area contributed by atoms with E-state index in [4.69, 9.17) is 0 Å². The number of carbonyl (C=O) groups is 2. The Morgan fingerprint density at radius 3 is 1.43 bits per heavy atom. The molecule has 0 aliphatic heterocycles. The molecule has 2 N–H and O–H groups in total. The Hall–Kier alpha value is -0.740. The highest BCUT2D eigenvalue weighted by atomic mass is 16.1. The molecule has 0 radical (unpaired) electrons. The monoisotopic (exact) mass is 200 g/mol. The van der Waals surface area contributed by atoms with E-state index in [0.29, 0.717) is 12.8 Å². The van der Waals surface area contributed by atoms with E-state index < -0.39 is 0 Å². The molecule has 14 heavy (non-hydrogen) atoms. The second-order valence-corrected chi connectivity index (χ2v) is 3.45. The number of carbonyl (C=O) groups excluding carboxylic acids is 2. The molecule has 0 aromatic rings. The largest absolute Gasteiger partial charge is 0.311 e. The van der Waals surface area contributed by atoms with Crippen molar-refractivity contribution in [3.8, 4) is 0 Å². The quantitative estimate of drug-likeness (QED) is 0.613. The minimum absolute atomic E-state index is 0.0872. The van der Waals surface area contributed by atoms with Crippen LogP contribution in [0.4, 0.5) is 0 Å². The van der Waals surface area contributed by atoms with Crippen LogP contribution in [0.25, 0.3) is 0 Å². The van der Waals surface area contributed by atoms with Crippen LogP contribution >= 0.6 is 0 Å². The molecule has 0 bridgehead atoms. The van der Waals surface area contributed by atoms with E-state index in [9.17, 15) is 9.59 Å². The van der Waals surface area contributed by atoms with E-state index in [2.05, 4.69) is 10.6 Å². The molecule has 0 rings (SSSR count). The van der Waals surface area contributed by atoms with Gasteiger partial charge in [0, 0.05) is 12.8 Å². The first kappa shape index (κ1) is 13.3. The number of Topliss-reactive ketones (excluding diaryl/α,β-unsaturated/α-hetero) is 2. The highest BCUT2D eigenvalue weighted by Crippen LogP contribution is 1.99. The van der Waals surface area contributed by atoms with Gasteiger partial charge in [0.15, 0.2) is 0 Å². The van der Waals surface area contributed by atoms with Crippen molar-refractivity contribution in [3.05, 3.63) is 0 Å². The molecular weight excluding hydrogens is 180 g/mol. The molecule has 0 aromatic heterocycles. The lowest BCUT2D eigenvalue weighted by Crippen LogP contribution is -2.34. The molecule has 0 saturated heterocycles. The van der Waals surface area contributed by atoms with E-state index in [1.165, 1.54) is 0 Å². The Labute approximate surface area is 85.4 Å². The van der Waals surface area contributed by atoms with Gasteiger partial charge in [-0.25, -0.2) is 0 Å². The van der Waals surface area contributed by atoms with Crippen molar-refractivity contribution < 1.29 is 9.59 Å².